The van der Waals surface area contributed by atoms with Gasteiger partial charge in [-0.2, -0.15) is 0 Å². The number of likely N-dealkylation sites (N-methyl/N-ethyl adjacent to an activating group) is 1. The van der Waals surface area contributed by atoms with Crippen molar-refractivity contribution in [2.75, 3.05) is 7.05 Å². The fourth-order valence-corrected chi connectivity index (χ4v) is 2.28. The molecule has 0 bridgehead atoms. The van der Waals surface area contributed by atoms with Gasteiger partial charge in [-0.25, -0.2) is 4.79 Å². The van der Waals surface area contributed by atoms with Gasteiger partial charge in [-0.05, 0) is 31.4 Å². The third-order valence-corrected chi connectivity index (χ3v) is 4.07. The van der Waals surface area contributed by atoms with Crippen molar-refractivity contribution in [3.63, 3.8) is 0 Å². The zero-order valence-corrected chi connectivity index (χ0v) is 12.0. The lowest BCUT2D eigenvalue weighted by atomic mass is 9.94. The molecular weight excluding hydrogens is 256 g/mol. The first kappa shape index (κ1) is 14.5. The molecule has 2 rings (SSSR count). The first-order valence-electron chi connectivity index (χ1n) is 6.65. The van der Waals surface area contributed by atoms with Gasteiger partial charge in [0.25, 0.3) is 0 Å². The minimum Gasteiger partial charge on any atom is -0.480 e. The van der Waals surface area contributed by atoms with Gasteiger partial charge < -0.3 is 15.3 Å². The summed E-state index contributed by atoms with van der Waals surface area (Å²) in [5.41, 5.74) is 1.12. The van der Waals surface area contributed by atoms with Crippen LogP contribution in [0.3, 0.4) is 0 Å². The number of nitrogens with one attached hydrogen (secondary N) is 1. The van der Waals surface area contributed by atoms with Gasteiger partial charge in [-0.1, -0.05) is 24.3 Å². The molecule has 0 spiro atoms. The highest BCUT2D eigenvalue weighted by atomic mass is 16.4. The molecule has 5 heteroatoms. The number of carbonyl (C=O) groups is 2. The normalized spacial score (nSPS) is 18.2. The minimum absolute atomic E-state index is 0.188. The number of hydrogen-bond acceptors (Lipinski definition) is 3. The monoisotopic (exact) mass is 276 g/mol. The number of aliphatic carboxylic acids is 1. The van der Waals surface area contributed by atoms with E-state index in [4.69, 9.17) is 0 Å². The van der Waals surface area contributed by atoms with Crippen LogP contribution >= 0.6 is 0 Å². The number of rotatable bonds is 3. The molecule has 1 aliphatic heterocycles. The van der Waals surface area contributed by atoms with Gasteiger partial charge in [0.1, 0.15) is 5.54 Å². The van der Waals surface area contributed by atoms with Crippen molar-refractivity contribution in [2.45, 2.75) is 38.4 Å². The summed E-state index contributed by atoms with van der Waals surface area (Å²) in [5.74, 6) is -1.20. The van der Waals surface area contributed by atoms with Crippen molar-refractivity contribution in [3.8, 4) is 0 Å². The van der Waals surface area contributed by atoms with E-state index in [2.05, 4.69) is 5.32 Å². The Kier molecular flexibility index (Phi) is 3.81. The largest absolute Gasteiger partial charge is 0.480 e. The smallest absolute Gasteiger partial charge is 0.329 e. The molecule has 0 aromatic heterocycles. The molecule has 108 valence electrons. The molecule has 1 aliphatic rings. The number of benzene rings is 1. The topological polar surface area (TPSA) is 69.6 Å². The van der Waals surface area contributed by atoms with Gasteiger partial charge in [-0.3, -0.25) is 4.79 Å². The Bertz CT molecular complexity index is 540. The first-order valence-corrected chi connectivity index (χ1v) is 6.65. The van der Waals surface area contributed by atoms with E-state index in [1.54, 1.807) is 7.05 Å². The number of hydrogen-bond donors (Lipinski definition) is 2. The van der Waals surface area contributed by atoms with Crippen LogP contribution in [0, 0.1) is 0 Å². The fraction of sp³-hybridized carbons (Fsp3) is 0.467. The zero-order chi connectivity index (χ0) is 14.9. The molecule has 0 saturated carbocycles. The van der Waals surface area contributed by atoms with Crippen LogP contribution in [0.5, 0.6) is 0 Å². The van der Waals surface area contributed by atoms with Crippen LogP contribution < -0.4 is 5.32 Å². The summed E-state index contributed by atoms with van der Waals surface area (Å²) >= 11 is 0. The van der Waals surface area contributed by atoms with Crippen molar-refractivity contribution < 1.29 is 14.7 Å². The lowest BCUT2D eigenvalue weighted by Crippen LogP contribution is -2.57. The van der Waals surface area contributed by atoms with Gasteiger partial charge in [0.2, 0.25) is 5.91 Å². The second-order valence-corrected chi connectivity index (χ2v) is 5.67. The van der Waals surface area contributed by atoms with Crippen LogP contribution in [0.25, 0.3) is 0 Å². The van der Waals surface area contributed by atoms with Gasteiger partial charge in [0.15, 0.2) is 0 Å². The van der Waals surface area contributed by atoms with Crippen LogP contribution in [0.15, 0.2) is 24.3 Å². The molecule has 1 atom stereocenters. The maximum absolute atomic E-state index is 12.5. The summed E-state index contributed by atoms with van der Waals surface area (Å²) in [6.07, 6.45) is 0.592. The maximum Gasteiger partial charge on any atom is 0.329 e. The molecule has 5 nitrogen and oxygen atoms in total. The summed E-state index contributed by atoms with van der Waals surface area (Å²) in [4.78, 5) is 25.0. The summed E-state index contributed by atoms with van der Waals surface area (Å²) in [6.45, 7) is 3.70. The van der Waals surface area contributed by atoms with Gasteiger partial charge >= 0.3 is 5.97 Å². The van der Waals surface area contributed by atoms with E-state index < -0.39 is 11.5 Å². The summed E-state index contributed by atoms with van der Waals surface area (Å²) in [7, 11) is 1.54. The number of carboxylic acid groups (broad SMARTS) is 1. The number of carboxylic acids is 1. The van der Waals surface area contributed by atoms with Crippen LogP contribution in [0.2, 0.25) is 0 Å². The SMILES string of the molecule is CN(C(=O)C1Cc2ccccc2CN1)C(C)(C)C(=O)O. The first-order chi connectivity index (χ1) is 9.34. The van der Waals surface area contributed by atoms with E-state index in [-0.39, 0.29) is 11.9 Å². The fourth-order valence-electron chi connectivity index (χ4n) is 2.28. The van der Waals surface area contributed by atoms with E-state index >= 15 is 0 Å². The number of amides is 1. The van der Waals surface area contributed by atoms with Gasteiger partial charge in [0, 0.05) is 13.6 Å². The summed E-state index contributed by atoms with van der Waals surface area (Å²) in [6, 6.07) is 7.61. The van der Waals surface area contributed by atoms with Crippen molar-refractivity contribution in [1.29, 1.82) is 0 Å². The van der Waals surface area contributed by atoms with Gasteiger partial charge in [0.05, 0.1) is 6.04 Å². The number of nitrogens with zero attached hydrogens (tertiary/aromatic N) is 1. The van der Waals surface area contributed by atoms with E-state index in [9.17, 15) is 14.7 Å². The van der Waals surface area contributed by atoms with E-state index in [1.807, 2.05) is 24.3 Å². The highest BCUT2D eigenvalue weighted by molar-refractivity contribution is 5.89. The lowest BCUT2D eigenvalue weighted by molar-refractivity contribution is -0.156. The Hall–Kier alpha value is -1.88. The molecular formula is C15H20N2O3. The predicted octanol–water partition coefficient (Wildman–Crippen LogP) is 1.02. The van der Waals surface area contributed by atoms with Crippen molar-refractivity contribution in [1.82, 2.24) is 10.2 Å². The average Bonchev–Trinajstić information content (AvgIpc) is 2.44. The Balaban J connectivity index is 2.14. The summed E-state index contributed by atoms with van der Waals surface area (Å²) in [5, 5.41) is 12.4. The third-order valence-electron chi connectivity index (χ3n) is 4.07. The molecule has 1 heterocycles. The van der Waals surface area contributed by atoms with E-state index in [0.29, 0.717) is 13.0 Å². The van der Waals surface area contributed by atoms with Crippen LogP contribution in [0.1, 0.15) is 25.0 Å². The molecule has 0 aliphatic carbocycles. The second kappa shape index (κ2) is 5.25. The highest BCUT2D eigenvalue weighted by Crippen LogP contribution is 2.20. The molecule has 1 amide bonds. The number of carbonyl (C=O) groups excluding carboxylic acids is 1. The molecule has 0 fully saturated rings. The molecule has 1 aromatic rings. The van der Waals surface area contributed by atoms with Crippen LogP contribution in [0.4, 0.5) is 0 Å². The molecule has 0 saturated heterocycles. The Morgan fingerprint density at radius 3 is 2.50 bits per heavy atom. The van der Waals surface area contributed by atoms with Crippen molar-refractivity contribution in [2.24, 2.45) is 0 Å². The molecule has 2 N–H and O–H groups in total. The van der Waals surface area contributed by atoms with Crippen LogP contribution in [-0.2, 0) is 22.6 Å². The number of fused-ring (bicyclic) bond motifs is 1. The van der Waals surface area contributed by atoms with Crippen molar-refractivity contribution >= 4 is 11.9 Å². The van der Waals surface area contributed by atoms with Crippen LogP contribution in [-0.4, -0.2) is 40.5 Å². The predicted molar refractivity (Wildman–Crippen MR) is 75.3 cm³/mol. The summed E-state index contributed by atoms with van der Waals surface area (Å²) < 4.78 is 0. The highest BCUT2D eigenvalue weighted by Gasteiger charge is 2.38. The molecule has 20 heavy (non-hydrogen) atoms. The average molecular weight is 276 g/mol. The minimum atomic E-state index is -1.21. The molecule has 1 unspecified atom stereocenters. The lowest BCUT2D eigenvalue weighted by Gasteiger charge is -2.36. The molecule has 1 aromatic carbocycles. The van der Waals surface area contributed by atoms with Crippen molar-refractivity contribution in [3.05, 3.63) is 35.4 Å². The van der Waals surface area contributed by atoms with E-state index in [0.717, 1.165) is 5.56 Å². The third kappa shape index (κ3) is 2.54. The quantitative estimate of drug-likeness (QED) is 0.865. The standard InChI is InChI=1S/C15H20N2O3/c1-15(2,14(19)20)17(3)13(18)12-8-10-6-4-5-7-11(10)9-16-12/h4-7,12,16H,8-9H2,1-3H3,(H,19,20). The zero-order valence-electron chi connectivity index (χ0n) is 12.0. The Morgan fingerprint density at radius 1 is 1.30 bits per heavy atom. The second-order valence-electron chi connectivity index (χ2n) is 5.67. The van der Waals surface area contributed by atoms with E-state index in [1.165, 1.54) is 24.3 Å². The Labute approximate surface area is 118 Å². The molecule has 0 radical (unpaired) electrons. The van der Waals surface area contributed by atoms with Gasteiger partial charge in [-0.15, -0.1) is 0 Å². The Morgan fingerprint density at radius 2 is 1.90 bits per heavy atom. The maximum atomic E-state index is 12.5.